The van der Waals surface area contributed by atoms with Gasteiger partial charge in [0.25, 0.3) is 0 Å². The highest BCUT2D eigenvalue weighted by molar-refractivity contribution is 7.15. The van der Waals surface area contributed by atoms with Crippen LogP contribution in [-0.2, 0) is 0 Å². The smallest absolute Gasteiger partial charge is 0.183 e. The van der Waals surface area contributed by atoms with Crippen molar-refractivity contribution in [2.45, 2.75) is 41.5 Å². The first-order valence-electron chi connectivity index (χ1n) is 5.48. The minimum Gasteiger partial charge on any atom is -0.361 e. The van der Waals surface area contributed by atoms with E-state index in [1.54, 1.807) is 11.3 Å². The molecule has 15 heavy (non-hydrogen) atoms. The van der Waals surface area contributed by atoms with Crippen LogP contribution in [0.4, 0.5) is 5.13 Å². The van der Waals surface area contributed by atoms with E-state index in [9.17, 15) is 0 Å². The summed E-state index contributed by atoms with van der Waals surface area (Å²) in [5, 5.41) is 4.48. The monoisotopic (exact) mass is 226 g/mol. The molecule has 0 bridgehead atoms. The van der Waals surface area contributed by atoms with Crippen molar-refractivity contribution in [3.63, 3.8) is 0 Å². The van der Waals surface area contributed by atoms with E-state index in [2.05, 4.69) is 51.8 Å². The van der Waals surface area contributed by atoms with E-state index in [0.717, 1.165) is 17.4 Å². The molecule has 3 heteroatoms. The molecule has 86 valence electrons. The number of hydrogen-bond donors (Lipinski definition) is 1. The van der Waals surface area contributed by atoms with Crippen LogP contribution in [0.15, 0.2) is 0 Å². The van der Waals surface area contributed by atoms with E-state index >= 15 is 0 Å². The van der Waals surface area contributed by atoms with E-state index in [1.165, 1.54) is 4.88 Å². The fourth-order valence-corrected chi connectivity index (χ4v) is 1.92. The Morgan fingerprint density at radius 3 is 2.33 bits per heavy atom. The van der Waals surface area contributed by atoms with Crippen LogP contribution >= 0.6 is 11.3 Å². The van der Waals surface area contributed by atoms with Crippen LogP contribution < -0.4 is 5.32 Å². The molecule has 0 saturated carbocycles. The third kappa shape index (κ3) is 3.49. The summed E-state index contributed by atoms with van der Waals surface area (Å²) < 4.78 is 0. The number of hydrogen-bond acceptors (Lipinski definition) is 3. The molecule has 2 nitrogen and oxygen atoms in total. The van der Waals surface area contributed by atoms with Gasteiger partial charge in [0, 0.05) is 11.4 Å². The Bertz CT molecular complexity index is 303. The molecule has 0 aliphatic rings. The third-order valence-corrected chi connectivity index (χ3v) is 4.10. The lowest BCUT2D eigenvalue weighted by molar-refractivity contribution is 0.274. The Hall–Kier alpha value is -0.570. The molecule has 1 rings (SSSR count). The second kappa shape index (κ2) is 4.52. The summed E-state index contributed by atoms with van der Waals surface area (Å²) in [5.74, 6) is 0.641. The minimum absolute atomic E-state index is 0.356. The first-order chi connectivity index (χ1) is 6.80. The van der Waals surface area contributed by atoms with Crippen LogP contribution in [0.25, 0.3) is 0 Å². The fraction of sp³-hybridized carbons (Fsp3) is 0.750. The number of rotatable bonds is 3. The molecule has 1 aromatic rings. The Morgan fingerprint density at radius 2 is 1.93 bits per heavy atom. The fourth-order valence-electron chi connectivity index (χ4n) is 1.09. The van der Waals surface area contributed by atoms with E-state index in [0.29, 0.717) is 11.3 Å². The highest BCUT2D eigenvalue weighted by atomic mass is 32.1. The standard InChI is InChI=1S/C12H22N2S/c1-8(12(4,5)6)7-13-11-14-9(2)10(3)15-11/h8H,7H2,1-6H3,(H,13,14). The maximum absolute atomic E-state index is 4.47. The summed E-state index contributed by atoms with van der Waals surface area (Å²) in [6, 6.07) is 0. The molecular weight excluding hydrogens is 204 g/mol. The highest BCUT2D eigenvalue weighted by Crippen LogP contribution is 2.27. The maximum atomic E-state index is 4.47. The Labute approximate surface area is 97.1 Å². The van der Waals surface area contributed by atoms with Gasteiger partial charge >= 0.3 is 0 Å². The van der Waals surface area contributed by atoms with Gasteiger partial charge in [0.1, 0.15) is 0 Å². The summed E-state index contributed by atoms with van der Waals surface area (Å²) in [7, 11) is 0. The molecule has 0 aliphatic heterocycles. The molecule has 1 N–H and O–H groups in total. The average Bonchev–Trinajstić information content (AvgIpc) is 2.41. The van der Waals surface area contributed by atoms with Crippen LogP contribution in [-0.4, -0.2) is 11.5 Å². The SMILES string of the molecule is Cc1nc(NCC(C)C(C)(C)C)sc1C. The highest BCUT2D eigenvalue weighted by Gasteiger charge is 2.19. The van der Waals surface area contributed by atoms with Crippen molar-refractivity contribution in [2.24, 2.45) is 11.3 Å². The predicted molar refractivity (Wildman–Crippen MR) is 68.7 cm³/mol. The van der Waals surface area contributed by atoms with E-state index in [1.807, 2.05) is 0 Å². The zero-order valence-corrected chi connectivity index (χ0v) is 11.5. The zero-order valence-electron chi connectivity index (χ0n) is 10.6. The summed E-state index contributed by atoms with van der Waals surface area (Å²) in [4.78, 5) is 5.78. The Balaban J connectivity index is 2.51. The Morgan fingerprint density at radius 1 is 1.33 bits per heavy atom. The largest absolute Gasteiger partial charge is 0.361 e. The van der Waals surface area contributed by atoms with Crippen molar-refractivity contribution in [1.29, 1.82) is 0 Å². The number of aromatic nitrogens is 1. The zero-order chi connectivity index (χ0) is 11.6. The van der Waals surface area contributed by atoms with E-state index in [4.69, 9.17) is 0 Å². The van der Waals surface area contributed by atoms with Gasteiger partial charge in [0.05, 0.1) is 5.69 Å². The topological polar surface area (TPSA) is 24.9 Å². The molecule has 1 unspecified atom stereocenters. The average molecular weight is 226 g/mol. The lowest BCUT2D eigenvalue weighted by Crippen LogP contribution is -2.24. The Kier molecular flexibility index (Phi) is 3.77. The number of aryl methyl sites for hydroxylation is 2. The maximum Gasteiger partial charge on any atom is 0.183 e. The number of nitrogens with one attached hydrogen (secondary N) is 1. The molecule has 1 atom stereocenters. The lowest BCUT2D eigenvalue weighted by Gasteiger charge is -2.27. The third-order valence-electron chi connectivity index (χ3n) is 3.07. The van der Waals surface area contributed by atoms with Gasteiger partial charge in [-0.05, 0) is 25.2 Å². The van der Waals surface area contributed by atoms with Gasteiger partial charge in [0.15, 0.2) is 5.13 Å². The van der Waals surface area contributed by atoms with Crippen molar-refractivity contribution >= 4 is 16.5 Å². The summed E-state index contributed by atoms with van der Waals surface area (Å²) in [6.45, 7) is 14.3. The van der Waals surface area contributed by atoms with Gasteiger partial charge < -0.3 is 5.32 Å². The van der Waals surface area contributed by atoms with E-state index in [-0.39, 0.29) is 0 Å². The molecule has 1 heterocycles. The summed E-state index contributed by atoms with van der Waals surface area (Å²) in [6.07, 6.45) is 0. The quantitative estimate of drug-likeness (QED) is 0.846. The molecular formula is C12H22N2S. The molecule has 0 spiro atoms. The molecule has 0 radical (unpaired) electrons. The molecule has 0 aromatic carbocycles. The van der Waals surface area contributed by atoms with Crippen molar-refractivity contribution in [3.8, 4) is 0 Å². The molecule has 0 saturated heterocycles. The van der Waals surface area contributed by atoms with E-state index < -0.39 is 0 Å². The summed E-state index contributed by atoms with van der Waals surface area (Å²) in [5.41, 5.74) is 1.50. The minimum atomic E-state index is 0.356. The van der Waals surface area contributed by atoms with Crippen molar-refractivity contribution in [3.05, 3.63) is 10.6 Å². The first-order valence-corrected chi connectivity index (χ1v) is 6.30. The second-order valence-electron chi connectivity index (χ2n) is 5.31. The predicted octanol–water partition coefficient (Wildman–Crippen LogP) is 3.85. The van der Waals surface area contributed by atoms with Gasteiger partial charge in [-0.15, -0.1) is 11.3 Å². The van der Waals surface area contributed by atoms with Crippen LogP contribution in [0.5, 0.6) is 0 Å². The van der Waals surface area contributed by atoms with Crippen LogP contribution in [0.1, 0.15) is 38.3 Å². The second-order valence-corrected chi connectivity index (χ2v) is 6.51. The van der Waals surface area contributed by atoms with Gasteiger partial charge in [-0.3, -0.25) is 0 Å². The number of anilines is 1. The molecule has 0 amide bonds. The molecule has 0 aliphatic carbocycles. The van der Waals surface area contributed by atoms with Crippen molar-refractivity contribution in [1.82, 2.24) is 4.98 Å². The molecule has 0 fully saturated rings. The van der Waals surface area contributed by atoms with Crippen LogP contribution in [0.3, 0.4) is 0 Å². The lowest BCUT2D eigenvalue weighted by atomic mass is 9.82. The van der Waals surface area contributed by atoms with Gasteiger partial charge in [-0.1, -0.05) is 27.7 Å². The van der Waals surface area contributed by atoms with Crippen LogP contribution in [0.2, 0.25) is 0 Å². The van der Waals surface area contributed by atoms with Gasteiger partial charge in [-0.2, -0.15) is 0 Å². The normalized spacial score (nSPS) is 14.0. The van der Waals surface area contributed by atoms with Gasteiger partial charge in [0.2, 0.25) is 0 Å². The van der Waals surface area contributed by atoms with Crippen LogP contribution in [0, 0.1) is 25.2 Å². The van der Waals surface area contributed by atoms with Gasteiger partial charge in [-0.25, -0.2) is 4.98 Å². The molecule has 1 aromatic heterocycles. The first kappa shape index (κ1) is 12.5. The van der Waals surface area contributed by atoms with Crippen molar-refractivity contribution < 1.29 is 0 Å². The van der Waals surface area contributed by atoms with Crippen molar-refractivity contribution in [2.75, 3.05) is 11.9 Å². The number of thiazole rings is 1. The number of nitrogens with zero attached hydrogens (tertiary/aromatic N) is 1. The summed E-state index contributed by atoms with van der Waals surface area (Å²) >= 11 is 1.74.